The van der Waals surface area contributed by atoms with Crippen LogP contribution < -0.4 is 5.73 Å². The zero-order chi connectivity index (χ0) is 14.9. The average Bonchev–Trinajstić information content (AvgIpc) is 2.72. The predicted octanol–water partition coefficient (Wildman–Crippen LogP) is 2.23. The molecule has 5 heteroatoms. The van der Waals surface area contributed by atoms with Crippen LogP contribution in [0, 0.1) is 13.8 Å². The Morgan fingerprint density at radius 2 is 1.70 bits per heavy atom. The molecule has 1 aromatic carbocycles. The van der Waals surface area contributed by atoms with Crippen LogP contribution in [0.15, 0.2) is 24.3 Å². The number of para-hydroxylation sites is 1. The third-order valence-electron chi connectivity index (χ3n) is 3.20. The van der Waals surface area contributed by atoms with Crippen molar-refractivity contribution in [2.24, 2.45) is 0 Å². The van der Waals surface area contributed by atoms with E-state index in [-0.39, 0.29) is 11.3 Å². The normalized spacial score (nSPS) is 10.3. The van der Waals surface area contributed by atoms with Crippen LogP contribution in [-0.4, -0.2) is 23.8 Å². The van der Waals surface area contributed by atoms with E-state index in [0.29, 0.717) is 28.2 Å². The number of nitrogens with two attached hydrogens (primary N) is 1. The molecule has 0 fully saturated rings. The van der Waals surface area contributed by atoms with Crippen molar-refractivity contribution >= 4 is 17.4 Å². The van der Waals surface area contributed by atoms with Gasteiger partial charge in [0.05, 0.1) is 18.2 Å². The highest BCUT2D eigenvalue weighted by atomic mass is 16.5. The lowest BCUT2D eigenvalue weighted by molar-refractivity contribution is 0.0597. The van der Waals surface area contributed by atoms with E-state index < -0.39 is 5.97 Å². The molecule has 0 unspecified atom stereocenters. The van der Waals surface area contributed by atoms with Gasteiger partial charge >= 0.3 is 5.97 Å². The van der Waals surface area contributed by atoms with E-state index in [1.165, 1.54) is 7.11 Å². The minimum absolute atomic E-state index is 0.262. The number of aryl methyl sites for hydroxylation is 2. The molecule has 20 heavy (non-hydrogen) atoms. The van der Waals surface area contributed by atoms with Crippen LogP contribution in [0.3, 0.4) is 0 Å². The third kappa shape index (κ3) is 2.18. The summed E-state index contributed by atoms with van der Waals surface area (Å²) >= 11 is 0. The number of aromatic nitrogens is 1. The average molecular weight is 272 g/mol. The van der Waals surface area contributed by atoms with Gasteiger partial charge in [-0.3, -0.25) is 4.79 Å². The molecule has 0 aliphatic heterocycles. The molecule has 2 rings (SSSR count). The Balaban J connectivity index is 2.61. The number of methoxy groups -OCH3 is 1. The van der Waals surface area contributed by atoms with E-state index in [9.17, 15) is 9.59 Å². The number of ether oxygens (including phenoxy) is 1. The van der Waals surface area contributed by atoms with Crippen molar-refractivity contribution in [3.63, 3.8) is 0 Å². The highest BCUT2D eigenvalue weighted by Crippen LogP contribution is 2.24. The molecule has 0 bridgehead atoms. The van der Waals surface area contributed by atoms with E-state index in [4.69, 9.17) is 10.5 Å². The second-order valence-electron chi connectivity index (χ2n) is 4.53. The van der Waals surface area contributed by atoms with Crippen LogP contribution in [-0.2, 0) is 4.74 Å². The Labute approximate surface area is 116 Å². The quantitative estimate of drug-likeness (QED) is 0.509. The Morgan fingerprint density at radius 3 is 2.30 bits per heavy atom. The smallest absolute Gasteiger partial charge is 0.340 e. The van der Waals surface area contributed by atoms with Gasteiger partial charge in [0.1, 0.15) is 0 Å². The van der Waals surface area contributed by atoms with Crippen molar-refractivity contribution in [2.75, 3.05) is 12.8 Å². The fourth-order valence-corrected chi connectivity index (χ4v) is 2.26. The summed E-state index contributed by atoms with van der Waals surface area (Å²) in [5.74, 6) is -0.824. The zero-order valence-corrected chi connectivity index (χ0v) is 11.6. The van der Waals surface area contributed by atoms with E-state index in [1.54, 1.807) is 38.1 Å². The number of nitrogen functional groups attached to an aromatic ring is 1. The van der Waals surface area contributed by atoms with Gasteiger partial charge in [-0.2, -0.15) is 0 Å². The second kappa shape index (κ2) is 5.21. The van der Waals surface area contributed by atoms with Crippen molar-refractivity contribution in [1.82, 2.24) is 4.98 Å². The maximum Gasteiger partial charge on any atom is 0.340 e. The molecule has 1 heterocycles. The minimum atomic E-state index is -0.537. The van der Waals surface area contributed by atoms with Crippen molar-refractivity contribution in [3.05, 3.63) is 52.3 Å². The van der Waals surface area contributed by atoms with Gasteiger partial charge in [-0.05, 0) is 26.0 Å². The molecule has 0 atom stereocenters. The Morgan fingerprint density at radius 1 is 1.10 bits per heavy atom. The standard InChI is InChI=1S/C15H16N2O3/c1-8-12(13(9(2)17-8)15(19)20-3)14(18)10-6-4-5-7-11(10)16/h4-7,17H,16H2,1-3H3. The number of H-pyrrole nitrogens is 1. The Hall–Kier alpha value is -2.56. The van der Waals surface area contributed by atoms with Gasteiger partial charge in [0.25, 0.3) is 0 Å². The largest absolute Gasteiger partial charge is 0.465 e. The van der Waals surface area contributed by atoms with Crippen LogP contribution in [0.4, 0.5) is 5.69 Å². The SMILES string of the molecule is COC(=O)c1c(C)[nH]c(C)c1C(=O)c1ccccc1N. The number of carbonyl (C=O) groups is 2. The number of anilines is 1. The molecular formula is C15H16N2O3. The van der Waals surface area contributed by atoms with Crippen molar-refractivity contribution in [2.45, 2.75) is 13.8 Å². The monoisotopic (exact) mass is 272 g/mol. The fourth-order valence-electron chi connectivity index (χ4n) is 2.26. The van der Waals surface area contributed by atoms with Crippen molar-refractivity contribution < 1.29 is 14.3 Å². The molecule has 104 valence electrons. The first-order valence-corrected chi connectivity index (χ1v) is 6.14. The molecule has 1 aromatic heterocycles. The lowest BCUT2D eigenvalue weighted by Crippen LogP contribution is -2.12. The third-order valence-corrected chi connectivity index (χ3v) is 3.20. The van der Waals surface area contributed by atoms with Gasteiger partial charge < -0.3 is 15.5 Å². The summed E-state index contributed by atoms with van der Waals surface area (Å²) in [5.41, 5.74) is 8.38. The van der Waals surface area contributed by atoms with Crippen LogP contribution in [0.1, 0.15) is 37.7 Å². The van der Waals surface area contributed by atoms with Gasteiger partial charge in [0, 0.05) is 22.6 Å². The molecule has 3 N–H and O–H groups in total. The van der Waals surface area contributed by atoms with Crippen LogP contribution in [0.25, 0.3) is 0 Å². The number of rotatable bonds is 3. The maximum absolute atomic E-state index is 12.6. The predicted molar refractivity (Wildman–Crippen MR) is 75.9 cm³/mol. The summed E-state index contributed by atoms with van der Waals surface area (Å²) < 4.78 is 4.74. The fraction of sp³-hybridized carbons (Fsp3) is 0.200. The number of hydrogen-bond acceptors (Lipinski definition) is 4. The Bertz CT molecular complexity index is 686. The van der Waals surface area contributed by atoms with Gasteiger partial charge in [0.2, 0.25) is 0 Å². The molecule has 0 amide bonds. The highest BCUT2D eigenvalue weighted by Gasteiger charge is 2.26. The number of benzene rings is 1. The summed E-state index contributed by atoms with van der Waals surface area (Å²) in [6, 6.07) is 6.78. The number of ketones is 1. The zero-order valence-electron chi connectivity index (χ0n) is 11.6. The summed E-state index contributed by atoms with van der Waals surface area (Å²) in [7, 11) is 1.29. The molecule has 0 aliphatic rings. The molecule has 0 saturated heterocycles. The lowest BCUT2D eigenvalue weighted by atomic mass is 9.98. The molecule has 0 radical (unpaired) electrons. The second-order valence-corrected chi connectivity index (χ2v) is 4.53. The summed E-state index contributed by atoms with van der Waals surface area (Å²) in [6.07, 6.45) is 0. The number of carbonyl (C=O) groups excluding carboxylic acids is 2. The van der Waals surface area contributed by atoms with Gasteiger partial charge in [-0.25, -0.2) is 4.79 Å². The Kier molecular flexibility index (Phi) is 3.61. The van der Waals surface area contributed by atoms with Crippen LogP contribution in [0.5, 0.6) is 0 Å². The van der Waals surface area contributed by atoms with Crippen molar-refractivity contribution in [1.29, 1.82) is 0 Å². The molecule has 0 spiro atoms. The van der Waals surface area contributed by atoms with E-state index in [0.717, 1.165) is 0 Å². The molecule has 5 nitrogen and oxygen atoms in total. The number of aromatic amines is 1. The first-order chi connectivity index (χ1) is 9.47. The topological polar surface area (TPSA) is 85.2 Å². The van der Waals surface area contributed by atoms with E-state index in [2.05, 4.69) is 4.98 Å². The molecule has 2 aromatic rings. The summed E-state index contributed by atoms with van der Waals surface area (Å²) in [4.78, 5) is 27.5. The lowest BCUT2D eigenvalue weighted by Gasteiger charge is -2.06. The number of hydrogen-bond donors (Lipinski definition) is 2. The minimum Gasteiger partial charge on any atom is -0.465 e. The van der Waals surface area contributed by atoms with Crippen molar-refractivity contribution in [3.8, 4) is 0 Å². The summed E-state index contributed by atoms with van der Waals surface area (Å²) in [6.45, 7) is 3.47. The maximum atomic E-state index is 12.6. The number of nitrogens with one attached hydrogen (secondary N) is 1. The molecule has 0 saturated carbocycles. The summed E-state index contributed by atoms with van der Waals surface area (Å²) in [5, 5.41) is 0. The molecular weight excluding hydrogens is 256 g/mol. The molecule has 0 aliphatic carbocycles. The van der Waals surface area contributed by atoms with Crippen LogP contribution >= 0.6 is 0 Å². The highest BCUT2D eigenvalue weighted by molar-refractivity contribution is 6.17. The van der Waals surface area contributed by atoms with E-state index in [1.807, 2.05) is 0 Å². The van der Waals surface area contributed by atoms with Gasteiger partial charge in [0.15, 0.2) is 5.78 Å². The first-order valence-electron chi connectivity index (χ1n) is 6.14. The number of esters is 1. The first kappa shape index (κ1) is 13.9. The van der Waals surface area contributed by atoms with E-state index >= 15 is 0 Å². The van der Waals surface area contributed by atoms with Crippen LogP contribution in [0.2, 0.25) is 0 Å². The van der Waals surface area contributed by atoms with Gasteiger partial charge in [-0.1, -0.05) is 12.1 Å². The van der Waals surface area contributed by atoms with Gasteiger partial charge in [-0.15, -0.1) is 0 Å².